The van der Waals surface area contributed by atoms with Gasteiger partial charge in [-0.25, -0.2) is 4.39 Å². The number of hydrogen-bond donors (Lipinski definition) is 2. The second-order valence-electron chi connectivity index (χ2n) is 5.92. The molecule has 0 aliphatic heterocycles. The largest absolute Gasteiger partial charge is 0.387 e. The smallest absolute Gasteiger partial charge is 0.123 e. The van der Waals surface area contributed by atoms with Crippen LogP contribution in [0.5, 0.6) is 0 Å². The third-order valence-corrected chi connectivity index (χ3v) is 4.45. The first-order valence-electron chi connectivity index (χ1n) is 7.46. The van der Waals surface area contributed by atoms with Crippen LogP contribution >= 0.6 is 0 Å². The van der Waals surface area contributed by atoms with E-state index in [0.29, 0.717) is 12.1 Å². The minimum Gasteiger partial charge on any atom is -0.387 e. The highest BCUT2D eigenvalue weighted by molar-refractivity contribution is 5.36. The summed E-state index contributed by atoms with van der Waals surface area (Å²) >= 11 is 0. The highest BCUT2D eigenvalue weighted by Gasteiger charge is 2.33. The molecule has 0 saturated carbocycles. The minimum atomic E-state index is -0.707. The van der Waals surface area contributed by atoms with Crippen molar-refractivity contribution < 1.29 is 14.6 Å². The van der Waals surface area contributed by atoms with Crippen LogP contribution in [-0.4, -0.2) is 34.7 Å². The van der Waals surface area contributed by atoms with Gasteiger partial charge < -0.3 is 10.2 Å². The van der Waals surface area contributed by atoms with E-state index in [0.717, 1.165) is 17.5 Å². The quantitative estimate of drug-likeness (QED) is 0.911. The molecule has 0 unspecified atom stereocenters. The molecule has 116 valence electrons. The normalized spacial score (nSPS) is 21.9. The molecule has 22 heavy (non-hydrogen) atoms. The lowest BCUT2D eigenvalue weighted by Gasteiger charge is -2.29. The standard InChI is InChI=1S/C18H20FNO2/c1-20(11-17(21)12-6-8-14(19)9-7-12)16-10-13-4-2-3-5-15(13)18(16)22/h2-9,16-18,21-22H,10-11H2,1H3/t16-,17-,18-/m0/s1. The molecule has 3 rings (SSSR count). The second kappa shape index (κ2) is 6.16. The Morgan fingerprint density at radius 1 is 1.18 bits per heavy atom. The van der Waals surface area contributed by atoms with Crippen molar-refractivity contribution in [3.8, 4) is 0 Å². The Morgan fingerprint density at radius 2 is 1.86 bits per heavy atom. The Labute approximate surface area is 129 Å². The molecule has 0 aromatic heterocycles. The molecular formula is C18H20FNO2. The second-order valence-corrected chi connectivity index (χ2v) is 5.92. The molecule has 0 radical (unpaired) electrons. The molecule has 0 fully saturated rings. The number of benzene rings is 2. The number of rotatable bonds is 4. The van der Waals surface area contributed by atoms with E-state index >= 15 is 0 Å². The Morgan fingerprint density at radius 3 is 2.55 bits per heavy atom. The van der Waals surface area contributed by atoms with Gasteiger partial charge in [-0.2, -0.15) is 0 Å². The van der Waals surface area contributed by atoms with Gasteiger partial charge in [0.25, 0.3) is 0 Å². The van der Waals surface area contributed by atoms with Gasteiger partial charge in [0, 0.05) is 12.6 Å². The number of aliphatic hydroxyl groups is 2. The van der Waals surface area contributed by atoms with Crippen LogP contribution < -0.4 is 0 Å². The minimum absolute atomic E-state index is 0.0486. The predicted molar refractivity (Wildman–Crippen MR) is 82.9 cm³/mol. The zero-order valence-electron chi connectivity index (χ0n) is 12.5. The Bertz CT molecular complexity index is 644. The van der Waals surface area contributed by atoms with Crippen LogP contribution in [-0.2, 0) is 6.42 Å². The number of likely N-dealkylation sites (N-methyl/N-ethyl adjacent to an activating group) is 1. The third kappa shape index (κ3) is 2.90. The van der Waals surface area contributed by atoms with Crippen LogP contribution in [0, 0.1) is 5.82 Å². The Kier molecular flexibility index (Phi) is 4.25. The SMILES string of the molecule is CN(C[C@H](O)c1ccc(F)cc1)[C@H]1Cc2ccccc2[C@@H]1O. The van der Waals surface area contributed by atoms with Crippen LogP contribution in [0.25, 0.3) is 0 Å². The maximum atomic E-state index is 12.9. The van der Waals surface area contributed by atoms with Gasteiger partial charge in [-0.3, -0.25) is 4.90 Å². The predicted octanol–water partition coefficient (Wildman–Crippen LogP) is 2.45. The molecule has 3 atom stereocenters. The number of halogens is 1. The molecule has 2 aromatic rings. The van der Waals surface area contributed by atoms with E-state index in [-0.39, 0.29) is 11.9 Å². The van der Waals surface area contributed by atoms with E-state index < -0.39 is 12.2 Å². The monoisotopic (exact) mass is 301 g/mol. The molecule has 0 saturated heterocycles. The molecule has 1 aliphatic carbocycles. The zero-order valence-corrected chi connectivity index (χ0v) is 12.5. The fourth-order valence-electron chi connectivity index (χ4n) is 3.15. The van der Waals surface area contributed by atoms with Crippen LogP contribution in [0.2, 0.25) is 0 Å². The molecule has 0 bridgehead atoms. The molecule has 2 aromatic carbocycles. The fraction of sp³-hybridized carbons (Fsp3) is 0.333. The van der Waals surface area contributed by atoms with Crippen LogP contribution in [0.3, 0.4) is 0 Å². The van der Waals surface area contributed by atoms with Crippen molar-refractivity contribution in [1.29, 1.82) is 0 Å². The number of nitrogens with zero attached hydrogens (tertiary/aromatic N) is 1. The van der Waals surface area contributed by atoms with E-state index in [2.05, 4.69) is 0 Å². The van der Waals surface area contributed by atoms with Crippen molar-refractivity contribution in [2.75, 3.05) is 13.6 Å². The summed E-state index contributed by atoms with van der Waals surface area (Å²) in [5.74, 6) is -0.314. The molecule has 3 nitrogen and oxygen atoms in total. The summed E-state index contributed by atoms with van der Waals surface area (Å²) in [6.07, 6.45) is -0.479. The van der Waals surface area contributed by atoms with Gasteiger partial charge in [0.05, 0.1) is 12.2 Å². The maximum Gasteiger partial charge on any atom is 0.123 e. The highest BCUT2D eigenvalue weighted by atomic mass is 19.1. The van der Waals surface area contributed by atoms with Crippen LogP contribution in [0.1, 0.15) is 28.9 Å². The zero-order chi connectivity index (χ0) is 15.7. The summed E-state index contributed by atoms with van der Waals surface area (Å²) in [6, 6.07) is 13.7. The van der Waals surface area contributed by atoms with Gasteiger partial charge in [-0.15, -0.1) is 0 Å². The van der Waals surface area contributed by atoms with Crippen molar-refractivity contribution >= 4 is 0 Å². The topological polar surface area (TPSA) is 43.7 Å². The summed E-state index contributed by atoms with van der Waals surface area (Å²) < 4.78 is 12.9. The van der Waals surface area contributed by atoms with E-state index in [1.807, 2.05) is 36.2 Å². The van der Waals surface area contributed by atoms with Crippen molar-refractivity contribution in [2.45, 2.75) is 24.7 Å². The summed E-state index contributed by atoms with van der Waals surface area (Å²) in [5.41, 5.74) is 2.80. The Balaban J connectivity index is 1.68. The molecule has 0 amide bonds. The number of aliphatic hydroxyl groups excluding tert-OH is 2. The first kappa shape index (κ1) is 15.2. The first-order chi connectivity index (χ1) is 10.6. The third-order valence-electron chi connectivity index (χ3n) is 4.45. The molecular weight excluding hydrogens is 281 g/mol. The lowest BCUT2D eigenvalue weighted by Crippen LogP contribution is -2.37. The summed E-state index contributed by atoms with van der Waals surface area (Å²) in [6.45, 7) is 0.390. The summed E-state index contributed by atoms with van der Waals surface area (Å²) in [5, 5.41) is 20.8. The average molecular weight is 301 g/mol. The van der Waals surface area contributed by atoms with E-state index in [1.165, 1.54) is 12.1 Å². The maximum absolute atomic E-state index is 12.9. The Hall–Kier alpha value is -1.75. The van der Waals surface area contributed by atoms with E-state index in [1.54, 1.807) is 12.1 Å². The fourth-order valence-corrected chi connectivity index (χ4v) is 3.15. The molecule has 1 aliphatic rings. The van der Waals surface area contributed by atoms with Crippen molar-refractivity contribution in [3.05, 3.63) is 71.0 Å². The number of fused-ring (bicyclic) bond motifs is 1. The molecule has 0 heterocycles. The van der Waals surface area contributed by atoms with E-state index in [9.17, 15) is 14.6 Å². The van der Waals surface area contributed by atoms with E-state index in [4.69, 9.17) is 0 Å². The van der Waals surface area contributed by atoms with Gasteiger partial charge >= 0.3 is 0 Å². The van der Waals surface area contributed by atoms with Gasteiger partial charge in [0.2, 0.25) is 0 Å². The first-order valence-corrected chi connectivity index (χ1v) is 7.46. The lowest BCUT2D eigenvalue weighted by atomic mass is 10.1. The molecule has 2 N–H and O–H groups in total. The van der Waals surface area contributed by atoms with Gasteiger partial charge in [-0.05, 0) is 42.3 Å². The number of hydrogen-bond acceptors (Lipinski definition) is 3. The summed E-state index contributed by atoms with van der Waals surface area (Å²) in [4.78, 5) is 1.97. The average Bonchev–Trinajstić information content (AvgIpc) is 2.85. The van der Waals surface area contributed by atoms with Crippen LogP contribution in [0.15, 0.2) is 48.5 Å². The van der Waals surface area contributed by atoms with Crippen molar-refractivity contribution in [1.82, 2.24) is 4.90 Å². The highest BCUT2D eigenvalue weighted by Crippen LogP contribution is 2.34. The lowest BCUT2D eigenvalue weighted by molar-refractivity contribution is 0.0431. The molecule has 0 spiro atoms. The van der Waals surface area contributed by atoms with Crippen LogP contribution in [0.4, 0.5) is 4.39 Å². The van der Waals surface area contributed by atoms with Gasteiger partial charge in [0.15, 0.2) is 0 Å². The van der Waals surface area contributed by atoms with Gasteiger partial charge in [-0.1, -0.05) is 36.4 Å². The van der Waals surface area contributed by atoms with Gasteiger partial charge in [0.1, 0.15) is 5.82 Å². The van der Waals surface area contributed by atoms with Crippen molar-refractivity contribution in [2.24, 2.45) is 0 Å². The molecule has 4 heteroatoms. The van der Waals surface area contributed by atoms with Crippen molar-refractivity contribution in [3.63, 3.8) is 0 Å². The summed E-state index contributed by atoms with van der Waals surface area (Å²) in [7, 11) is 1.90.